The molecule has 0 aromatic heterocycles. The van der Waals surface area contributed by atoms with Crippen molar-refractivity contribution < 1.29 is 14.7 Å². The Morgan fingerprint density at radius 3 is 2.77 bits per heavy atom. The molecule has 22 heavy (non-hydrogen) atoms. The van der Waals surface area contributed by atoms with E-state index in [-0.39, 0.29) is 10.2 Å². The number of carboxylic acids is 1. The molecule has 1 atom stereocenters. The fourth-order valence-corrected chi connectivity index (χ4v) is 3.66. The Kier molecular flexibility index (Phi) is 5.61. The van der Waals surface area contributed by atoms with Crippen molar-refractivity contribution >= 4 is 57.9 Å². The molecular formula is C15H14ClNO3S2. The van der Waals surface area contributed by atoms with Crippen LogP contribution in [0.1, 0.15) is 25.3 Å². The minimum absolute atomic E-state index is 0.268. The smallest absolute Gasteiger partial charge is 0.326 e. The number of amides is 1. The number of thiocarbonyl (C=S) groups is 1. The Hall–Kier alpha value is -1.37. The van der Waals surface area contributed by atoms with Gasteiger partial charge in [-0.3, -0.25) is 9.69 Å². The van der Waals surface area contributed by atoms with Crippen molar-refractivity contribution in [2.24, 2.45) is 0 Å². The van der Waals surface area contributed by atoms with Crippen LogP contribution in [-0.2, 0) is 9.59 Å². The third-order valence-corrected chi connectivity index (χ3v) is 4.85. The summed E-state index contributed by atoms with van der Waals surface area (Å²) in [6.45, 7) is 1.87. The van der Waals surface area contributed by atoms with E-state index >= 15 is 0 Å². The van der Waals surface area contributed by atoms with Crippen LogP contribution in [0, 0.1) is 0 Å². The van der Waals surface area contributed by atoms with Crippen LogP contribution in [-0.4, -0.2) is 32.2 Å². The monoisotopic (exact) mass is 355 g/mol. The molecule has 4 nitrogen and oxygen atoms in total. The molecule has 1 heterocycles. The first kappa shape index (κ1) is 17.0. The molecule has 1 amide bonds. The summed E-state index contributed by atoms with van der Waals surface area (Å²) < 4.78 is 0.268. The van der Waals surface area contributed by atoms with Crippen molar-refractivity contribution in [3.63, 3.8) is 0 Å². The molecule has 1 aliphatic heterocycles. The average Bonchev–Trinajstić information content (AvgIpc) is 2.73. The van der Waals surface area contributed by atoms with Crippen LogP contribution < -0.4 is 0 Å². The van der Waals surface area contributed by atoms with Crippen molar-refractivity contribution in [2.45, 2.75) is 25.8 Å². The first-order valence-electron chi connectivity index (χ1n) is 6.70. The van der Waals surface area contributed by atoms with Gasteiger partial charge in [-0.15, -0.1) is 0 Å². The van der Waals surface area contributed by atoms with Crippen molar-refractivity contribution in [1.29, 1.82) is 0 Å². The number of carbonyl (C=O) groups is 2. The van der Waals surface area contributed by atoms with E-state index in [1.165, 1.54) is 4.90 Å². The number of rotatable bonds is 5. The van der Waals surface area contributed by atoms with E-state index < -0.39 is 12.0 Å². The first-order chi connectivity index (χ1) is 10.5. The Bertz CT molecular complexity index is 660. The Labute approximate surface area is 143 Å². The van der Waals surface area contributed by atoms with Crippen LogP contribution in [0.5, 0.6) is 0 Å². The predicted molar refractivity (Wildman–Crippen MR) is 92.8 cm³/mol. The zero-order chi connectivity index (χ0) is 16.3. The average molecular weight is 356 g/mol. The summed E-state index contributed by atoms with van der Waals surface area (Å²) in [4.78, 5) is 25.5. The van der Waals surface area contributed by atoms with Crippen LogP contribution in [0.15, 0.2) is 29.2 Å². The lowest BCUT2D eigenvalue weighted by Gasteiger charge is -2.22. The van der Waals surface area contributed by atoms with Crippen LogP contribution in [0.25, 0.3) is 6.08 Å². The van der Waals surface area contributed by atoms with Crippen molar-refractivity contribution in [1.82, 2.24) is 4.90 Å². The largest absolute Gasteiger partial charge is 0.480 e. The number of nitrogens with zero attached hydrogens (tertiary/aromatic N) is 1. The molecular weight excluding hydrogens is 342 g/mol. The first-order valence-corrected chi connectivity index (χ1v) is 8.30. The van der Waals surface area contributed by atoms with Gasteiger partial charge in [-0.1, -0.05) is 67.1 Å². The van der Waals surface area contributed by atoms with Crippen LogP contribution in [0.4, 0.5) is 0 Å². The normalized spacial score (nSPS) is 18.1. The maximum absolute atomic E-state index is 12.5. The zero-order valence-electron chi connectivity index (χ0n) is 11.8. The molecule has 116 valence electrons. The lowest BCUT2D eigenvalue weighted by atomic mass is 10.1. The van der Waals surface area contributed by atoms with E-state index in [2.05, 4.69) is 0 Å². The summed E-state index contributed by atoms with van der Waals surface area (Å²) in [7, 11) is 0. The van der Waals surface area contributed by atoms with Crippen molar-refractivity contribution in [2.75, 3.05) is 0 Å². The minimum atomic E-state index is -1.04. The van der Waals surface area contributed by atoms with Gasteiger partial charge in [0.05, 0.1) is 4.91 Å². The predicted octanol–water partition coefficient (Wildman–Crippen LogP) is 3.79. The Balaban J connectivity index is 2.32. The molecule has 0 spiro atoms. The van der Waals surface area contributed by atoms with E-state index in [0.29, 0.717) is 28.3 Å². The van der Waals surface area contributed by atoms with E-state index in [0.717, 1.165) is 11.8 Å². The standard InChI is InChI=1S/C15H14ClNO3S2/c1-2-5-11(14(19)20)17-13(18)12(22-15(17)21)8-9-6-3-4-7-10(9)16/h3-4,6-8,11H,2,5H2,1H3,(H,19,20)/b12-8-/t11-/m1/s1. The number of carbonyl (C=O) groups excluding carboxylic acids is 1. The second kappa shape index (κ2) is 7.26. The van der Waals surface area contributed by atoms with Gasteiger partial charge in [0.25, 0.3) is 5.91 Å². The van der Waals surface area contributed by atoms with Crippen LogP contribution in [0.3, 0.4) is 0 Å². The second-order valence-electron chi connectivity index (χ2n) is 4.72. The van der Waals surface area contributed by atoms with Gasteiger partial charge in [-0.25, -0.2) is 4.79 Å². The van der Waals surface area contributed by atoms with Gasteiger partial charge < -0.3 is 5.11 Å². The molecule has 0 unspecified atom stereocenters. The van der Waals surface area contributed by atoms with Gasteiger partial charge in [0.1, 0.15) is 10.4 Å². The Morgan fingerprint density at radius 1 is 1.50 bits per heavy atom. The number of thioether (sulfide) groups is 1. The summed E-state index contributed by atoms with van der Waals surface area (Å²) in [5.41, 5.74) is 0.701. The number of benzene rings is 1. The van der Waals surface area contributed by atoms with Gasteiger partial charge in [-0.2, -0.15) is 0 Å². The fourth-order valence-electron chi connectivity index (χ4n) is 2.12. The molecule has 1 saturated heterocycles. The molecule has 0 saturated carbocycles. The number of hydrogen-bond acceptors (Lipinski definition) is 4. The molecule has 1 aromatic carbocycles. The summed E-state index contributed by atoms with van der Waals surface area (Å²) in [6.07, 6.45) is 2.66. The van der Waals surface area contributed by atoms with Gasteiger partial charge in [0.15, 0.2) is 0 Å². The molecule has 1 fully saturated rings. The highest BCUT2D eigenvalue weighted by molar-refractivity contribution is 8.26. The van der Waals surface area contributed by atoms with Crippen molar-refractivity contribution in [3.05, 3.63) is 39.8 Å². The van der Waals surface area contributed by atoms with Crippen LogP contribution >= 0.6 is 35.6 Å². The Morgan fingerprint density at radius 2 is 2.18 bits per heavy atom. The number of aliphatic carboxylic acids is 1. The van der Waals surface area contributed by atoms with Gasteiger partial charge >= 0.3 is 5.97 Å². The third kappa shape index (κ3) is 3.51. The molecule has 0 aliphatic carbocycles. The molecule has 2 rings (SSSR count). The number of hydrogen-bond donors (Lipinski definition) is 1. The van der Waals surface area contributed by atoms with Crippen LogP contribution in [0.2, 0.25) is 5.02 Å². The highest BCUT2D eigenvalue weighted by Gasteiger charge is 2.39. The van der Waals surface area contributed by atoms with Crippen molar-refractivity contribution in [3.8, 4) is 0 Å². The quantitative estimate of drug-likeness (QED) is 0.643. The highest BCUT2D eigenvalue weighted by Crippen LogP contribution is 2.35. The maximum atomic E-state index is 12.5. The topological polar surface area (TPSA) is 57.6 Å². The van der Waals surface area contributed by atoms with E-state index in [1.807, 2.05) is 13.0 Å². The molecule has 1 aromatic rings. The third-order valence-electron chi connectivity index (χ3n) is 3.17. The summed E-state index contributed by atoms with van der Waals surface area (Å²) >= 11 is 12.4. The second-order valence-corrected chi connectivity index (χ2v) is 6.80. The number of halogens is 1. The summed E-state index contributed by atoms with van der Waals surface area (Å²) in [5, 5.41) is 9.84. The van der Waals surface area contributed by atoms with E-state index in [1.54, 1.807) is 24.3 Å². The van der Waals surface area contributed by atoms with E-state index in [4.69, 9.17) is 23.8 Å². The zero-order valence-corrected chi connectivity index (χ0v) is 14.2. The SMILES string of the molecule is CCC[C@H](C(=O)O)N1C(=O)/C(=C/c2ccccc2Cl)SC1=S. The highest BCUT2D eigenvalue weighted by atomic mass is 35.5. The maximum Gasteiger partial charge on any atom is 0.326 e. The lowest BCUT2D eigenvalue weighted by Crippen LogP contribution is -2.43. The molecule has 0 bridgehead atoms. The minimum Gasteiger partial charge on any atom is -0.480 e. The number of carboxylic acid groups (broad SMARTS) is 1. The molecule has 0 radical (unpaired) electrons. The van der Waals surface area contributed by atoms with Gasteiger partial charge in [0.2, 0.25) is 0 Å². The lowest BCUT2D eigenvalue weighted by molar-refractivity contribution is -0.145. The summed E-state index contributed by atoms with van der Waals surface area (Å²) in [5.74, 6) is -1.42. The molecule has 1 aliphatic rings. The van der Waals surface area contributed by atoms with E-state index in [9.17, 15) is 14.7 Å². The fraction of sp³-hybridized carbons (Fsp3) is 0.267. The van der Waals surface area contributed by atoms with Gasteiger partial charge in [0, 0.05) is 5.02 Å². The molecule has 7 heteroatoms. The van der Waals surface area contributed by atoms with Gasteiger partial charge in [-0.05, 0) is 24.1 Å². The molecule has 1 N–H and O–H groups in total. The summed E-state index contributed by atoms with van der Waals surface area (Å²) in [6, 6.07) is 6.21.